The van der Waals surface area contributed by atoms with Crippen molar-refractivity contribution in [2.45, 2.75) is 35.7 Å². The largest absolute Gasteiger partial charge is 0.339 e. The van der Waals surface area contributed by atoms with E-state index >= 15 is 4.39 Å². The summed E-state index contributed by atoms with van der Waals surface area (Å²) in [5, 5.41) is 4.12. The molecule has 2 aromatic carbocycles. The number of sulfonamides is 1. The van der Waals surface area contributed by atoms with Crippen molar-refractivity contribution in [3.8, 4) is 0 Å². The fraction of sp³-hybridized carbons (Fsp3) is 0.375. The van der Waals surface area contributed by atoms with Crippen molar-refractivity contribution in [3.05, 3.63) is 82.0 Å². The molecule has 1 N–H and O–H groups in total. The van der Waals surface area contributed by atoms with E-state index in [-0.39, 0.29) is 41.8 Å². The molecule has 174 valence electrons. The van der Waals surface area contributed by atoms with Crippen LogP contribution in [0.1, 0.15) is 34.1 Å². The van der Waals surface area contributed by atoms with Crippen molar-refractivity contribution in [2.75, 3.05) is 20.1 Å². The smallest absolute Gasteiger partial charge is 0.262 e. The summed E-state index contributed by atoms with van der Waals surface area (Å²) >= 11 is 6.19. The normalized spacial score (nSPS) is 21.2. The molecule has 0 radical (unpaired) electrons. The lowest BCUT2D eigenvalue weighted by Crippen LogP contribution is -2.48. The highest BCUT2D eigenvalue weighted by Gasteiger charge is 2.41. The Morgan fingerprint density at radius 1 is 1.21 bits per heavy atom. The van der Waals surface area contributed by atoms with Gasteiger partial charge in [-0.1, -0.05) is 29.8 Å². The second-order valence-corrected chi connectivity index (χ2v) is 11.3. The van der Waals surface area contributed by atoms with Gasteiger partial charge in [0.25, 0.3) is 10.0 Å². The van der Waals surface area contributed by atoms with Gasteiger partial charge in [0.2, 0.25) is 0 Å². The van der Waals surface area contributed by atoms with Gasteiger partial charge in [0.15, 0.2) is 5.03 Å². The summed E-state index contributed by atoms with van der Waals surface area (Å²) in [4.78, 5) is 3.97. The maximum atomic E-state index is 15.1. The van der Waals surface area contributed by atoms with Gasteiger partial charge >= 0.3 is 0 Å². The van der Waals surface area contributed by atoms with E-state index in [0.717, 1.165) is 29.5 Å². The lowest BCUT2D eigenvalue weighted by Gasteiger charge is -2.38. The molecule has 1 fully saturated rings. The number of aryl methyl sites for hydroxylation is 1. The minimum absolute atomic E-state index is 0.0244. The molecule has 3 aromatic rings. The number of halogens is 2. The predicted octanol–water partition coefficient (Wildman–Crippen LogP) is 3.47. The zero-order chi connectivity index (χ0) is 23.3. The molecule has 1 aromatic heterocycles. The fourth-order valence-corrected chi connectivity index (χ4v) is 6.75. The number of imidazole rings is 1. The monoisotopic (exact) mass is 488 g/mol. The number of nitrogens with zero attached hydrogens (tertiary/aromatic N) is 3. The zero-order valence-electron chi connectivity index (χ0n) is 18.5. The van der Waals surface area contributed by atoms with Gasteiger partial charge in [0, 0.05) is 49.2 Å². The minimum atomic E-state index is -3.66. The molecule has 0 amide bonds. The Hall–Kier alpha value is -2.26. The lowest BCUT2D eigenvalue weighted by molar-refractivity contribution is 0.258. The Morgan fingerprint density at radius 2 is 2.00 bits per heavy atom. The molecular weight excluding hydrogens is 463 g/mol. The average molecular weight is 489 g/mol. The van der Waals surface area contributed by atoms with Crippen molar-refractivity contribution < 1.29 is 12.8 Å². The molecule has 5 rings (SSSR count). The summed E-state index contributed by atoms with van der Waals surface area (Å²) in [6.07, 6.45) is 4.51. The summed E-state index contributed by atoms with van der Waals surface area (Å²) < 4.78 is 43.6. The molecule has 0 bridgehead atoms. The summed E-state index contributed by atoms with van der Waals surface area (Å²) in [5.74, 6) is -0.239. The predicted molar refractivity (Wildman–Crippen MR) is 126 cm³/mol. The number of likely N-dealkylation sites (N-methyl/N-ethyl adjacent to an activating group) is 1. The van der Waals surface area contributed by atoms with Crippen molar-refractivity contribution in [2.24, 2.45) is 7.05 Å². The summed E-state index contributed by atoms with van der Waals surface area (Å²) in [6, 6.07) is 11.7. The van der Waals surface area contributed by atoms with Crippen molar-refractivity contribution in [1.82, 2.24) is 19.2 Å². The van der Waals surface area contributed by atoms with Gasteiger partial charge in [-0.25, -0.2) is 17.8 Å². The Kier molecular flexibility index (Phi) is 5.81. The van der Waals surface area contributed by atoms with Crippen LogP contribution in [-0.4, -0.2) is 48.5 Å². The molecule has 6 nitrogen and oxygen atoms in total. The number of hydrogen-bond acceptors (Lipinski definition) is 4. The molecular formula is C24H26ClFN4O2S. The van der Waals surface area contributed by atoms with Crippen molar-refractivity contribution >= 4 is 21.6 Å². The van der Waals surface area contributed by atoms with Crippen LogP contribution in [0.4, 0.5) is 4.39 Å². The van der Waals surface area contributed by atoms with Crippen LogP contribution in [0.2, 0.25) is 5.02 Å². The average Bonchev–Trinajstić information content (AvgIpc) is 3.31. The highest BCUT2D eigenvalue weighted by molar-refractivity contribution is 7.89. The van der Waals surface area contributed by atoms with Crippen molar-refractivity contribution in [1.29, 1.82) is 0 Å². The molecule has 1 aliphatic carbocycles. The molecule has 2 unspecified atom stereocenters. The first-order valence-corrected chi connectivity index (χ1v) is 12.8. The first-order valence-electron chi connectivity index (χ1n) is 11.0. The van der Waals surface area contributed by atoms with Crippen LogP contribution in [-0.2, 0) is 29.9 Å². The van der Waals surface area contributed by atoms with E-state index in [9.17, 15) is 8.42 Å². The molecule has 1 aliphatic heterocycles. The highest BCUT2D eigenvalue weighted by Crippen LogP contribution is 2.41. The number of rotatable bonds is 6. The molecule has 2 aliphatic rings. The van der Waals surface area contributed by atoms with Gasteiger partial charge < -0.3 is 9.88 Å². The molecule has 0 spiro atoms. The fourth-order valence-electron chi connectivity index (χ4n) is 5.04. The van der Waals surface area contributed by atoms with Crippen LogP contribution in [0.5, 0.6) is 0 Å². The number of hydrogen-bond donors (Lipinski definition) is 1. The molecule has 9 heteroatoms. The zero-order valence-corrected chi connectivity index (χ0v) is 20.1. The van der Waals surface area contributed by atoms with Crippen LogP contribution in [0.3, 0.4) is 0 Å². The molecule has 1 saturated heterocycles. The van der Waals surface area contributed by atoms with Crippen molar-refractivity contribution in [3.63, 3.8) is 0 Å². The van der Waals surface area contributed by atoms with Crippen LogP contribution in [0.15, 0.2) is 53.9 Å². The second-order valence-electron chi connectivity index (χ2n) is 9.01. The van der Waals surface area contributed by atoms with E-state index in [1.54, 1.807) is 17.7 Å². The first-order chi connectivity index (χ1) is 15.8. The van der Waals surface area contributed by atoms with E-state index in [0.29, 0.717) is 10.6 Å². The maximum absolute atomic E-state index is 15.1. The van der Waals surface area contributed by atoms with E-state index in [2.05, 4.69) is 16.4 Å². The summed E-state index contributed by atoms with van der Waals surface area (Å²) in [5.41, 5.74) is 3.88. The Morgan fingerprint density at radius 3 is 2.67 bits per heavy atom. The third-order valence-corrected chi connectivity index (χ3v) is 8.82. The van der Waals surface area contributed by atoms with Crippen LogP contribution in [0, 0.1) is 5.82 Å². The van der Waals surface area contributed by atoms with Gasteiger partial charge in [-0.15, -0.1) is 0 Å². The van der Waals surface area contributed by atoms with E-state index < -0.39 is 10.0 Å². The van der Waals surface area contributed by atoms with Crippen LogP contribution < -0.4 is 5.32 Å². The second kappa shape index (κ2) is 8.51. The Labute approximate surface area is 198 Å². The lowest BCUT2D eigenvalue weighted by atomic mass is 9.86. The van der Waals surface area contributed by atoms with Gasteiger partial charge in [0.1, 0.15) is 5.82 Å². The SMILES string of the molecule is CNC1Cc2cc(F)c(C3CN(S(=O)(=O)c4cn(C)cn4)C3)cc2C1Cc1cccc(Cl)c1. The highest BCUT2D eigenvalue weighted by atomic mass is 35.5. The minimum Gasteiger partial charge on any atom is -0.339 e. The Balaban J connectivity index is 1.39. The number of fused-ring (bicyclic) bond motifs is 1. The van der Waals surface area contributed by atoms with E-state index in [1.165, 1.54) is 16.8 Å². The van der Waals surface area contributed by atoms with Gasteiger partial charge in [-0.05, 0) is 60.3 Å². The third-order valence-electron chi connectivity index (χ3n) is 6.87. The van der Waals surface area contributed by atoms with Gasteiger partial charge in [0.05, 0.1) is 6.33 Å². The summed E-state index contributed by atoms with van der Waals surface area (Å²) in [6.45, 7) is 0.506. The summed E-state index contributed by atoms with van der Waals surface area (Å²) in [7, 11) is 0.00235. The van der Waals surface area contributed by atoms with Gasteiger partial charge in [-0.2, -0.15) is 4.31 Å². The molecule has 2 heterocycles. The third kappa shape index (κ3) is 4.10. The van der Waals surface area contributed by atoms with Crippen LogP contribution in [0.25, 0.3) is 0 Å². The molecule has 0 saturated carbocycles. The maximum Gasteiger partial charge on any atom is 0.262 e. The van der Waals surface area contributed by atoms with E-state index in [1.807, 2.05) is 31.3 Å². The number of nitrogens with one attached hydrogen (secondary N) is 1. The molecule has 33 heavy (non-hydrogen) atoms. The van der Waals surface area contributed by atoms with E-state index in [4.69, 9.17) is 11.6 Å². The quantitative estimate of drug-likeness (QED) is 0.577. The van der Waals surface area contributed by atoms with Crippen LogP contribution >= 0.6 is 11.6 Å². The van der Waals surface area contributed by atoms with Gasteiger partial charge in [-0.3, -0.25) is 0 Å². The number of aromatic nitrogens is 2. The first kappa shape index (κ1) is 22.5. The molecule has 2 atom stereocenters. The number of benzene rings is 2. The standard InChI is InChI=1S/C24H26ClFN4O2S/c1-27-23-9-16-8-22(26)20(10-19(16)21(23)7-15-4-3-5-18(25)6-15)17-11-30(12-17)33(31,32)24-13-29(2)14-28-24/h3-6,8,10,13-14,17,21,23,27H,7,9,11-12H2,1-2H3. The Bertz CT molecular complexity index is 1300. The topological polar surface area (TPSA) is 67.2 Å².